The lowest BCUT2D eigenvalue weighted by Crippen LogP contribution is -2.40. The molecule has 11 heteroatoms. The Morgan fingerprint density at radius 1 is 1.09 bits per heavy atom. The van der Waals surface area contributed by atoms with Crippen LogP contribution >= 0.6 is 0 Å². The molecule has 0 radical (unpaired) electrons. The van der Waals surface area contributed by atoms with Gasteiger partial charge in [-0.1, -0.05) is 24.3 Å². The summed E-state index contributed by atoms with van der Waals surface area (Å²) >= 11 is 0. The van der Waals surface area contributed by atoms with E-state index in [0.29, 0.717) is 48.9 Å². The average molecular weight is 628 g/mol. The molecule has 1 unspecified atom stereocenters. The highest BCUT2D eigenvalue weighted by Crippen LogP contribution is 2.48. The number of nitrogens with zero attached hydrogens (tertiary/aromatic N) is 2. The summed E-state index contributed by atoms with van der Waals surface area (Å²) in [5.41, 5.74) is -0.0107. The minimum Gasteiger partial charge on any atom is -0.451 e. The van der Waals surface area contributed by atoms with Crippen LogP contribution in [0.4, 0.5) is 14.9 Å². The van der Waals surface area contributed by atoms with E-state index in [-0.39, 0.29) is 28.4 Å². The van der Waals surface area contributed by atoms with Crippen molar-refractivity contribution in [1.82, 2.24) is 20.5 Å². The molecule has 2 saturated heterocycles. The third kappa shape index (κ3) is 5.64. The Balaban J connectivity index is 1.31. The summed E-state index contributed by atoms with van der Waals surface area (Å²) < 4.78 is 29.9. The summed E-state index contributed by atoms with van der Waals surface area (Å²) in [4.78, 5) is 41.7. The van der Waals surface area contributed by atoms with Gasteiger partial charge in [0.2, 0.25) is 5.43 Å². The zero-order valence-corrected chi connectivity index (χ0v) is 26.2. The van der Waals surface area contributed by atoms with Crippen molar-refractivity contribution in [1.29, 1.82) is 0 Å². The minimum atomic E-state index is -0.644. The van der Waals surface area contributed by atoms with Crippen LogP contribution in [0.5, 0.6) is 11.5 Å². The lowest BCUT2D eigenvalue weighted by molar-refractivity contribution is 0.0508. The van der Waals surface area contributed by atoms with Gasteiger partial charge in [-0.3, -0.25) is 9.59 Å². The second kappa shape index (κ2) is 11.6. The van der Waals surface area contributed by atoms with Gasteiger partial charge < -0.3 is 34.9 Å². The lowest BCUT2D eigenvalue weighted by atomic mass is 9.98. The number of amides is 2. The number of hydrogen-bond acceptors (Lipinski definition) is 7. The molecule has 4 aromatic rings. The summed E-state index contributed by atoms with van der Waals surface area (Å²) in [6.45, 7) is 8.42. The lowest BCUT2D eigenvalue weighted by Gasteiger charge is -2.29. The van der Waals surface area contributed by atoms with Gasteiger partial charge in [0.15, 0.2) is 17.3 Å². The molecular formula is C35H38FN5O5. The fourth-order valence-electron chi connectivity index (χ4n) is 6.72. The van der Waals surface area contributed by atoms with Crippen molar-refractivity contribution in [2.75, 3.05) is 37.6 Å². The summed E-state index contributed by atoms with van der Waals surface area (Å²) in [5, 5.41) is 11.1. The number of benzene rings is 3. The van der Waals surface area contributed by atoms with E-state index < -0.39 is 28.8 Å². The molecule has 46 heavy (non-hydrogen) atoms. The van der Waals surface area contributed by atoms with Crippen LogP contribution in [0, 0.1) is 11.7 Å². The Kier molecular flexibility index (Phi) is 7.59. The number of rotatable bonds is 5. The Labute approximate surface area is 265 Å². The molecule has 3 aromatic carbocycles. The van der Waals surface area contributed by atoms with E-state index >= 15 is 4.39 Å². The number of ether oxygens (including phenoxy) is 2. The molecule has 0 saturated carbocycles. The largest absolute Gasteiger partial charge is 0.451 e. The van der Waals surface area contributed by atoms with Crippen molar-refractivity contribution in [2.45, 2.75) is 51.7 Å². The molecule has 0 bridgehead atoms. The molecular weight excluding hydrogens is 589 g/mol. The summed E-state index contributed by atoms with van der Waals surface area (Å²) in [5.74, 6) is -0.112. The standard InChI is InChI=1S/C35H38FN5O5/c1-35(2,3)46-34(44)39-23-10-13-40(18-23)30-26(36)16-24-29-32(30)45-28-15-22-7-5-4-6-21(22)14-27(28)41(29)19-25(31(24)42)33(43)38-17-20-8-11-37-12-9-20/h4-7,14-16,19-20,23,37H,8-13,17-18H2,1-3H3,(H,38,43)(H,39,44). The molecule has 3 N–H and O–H groups in total. The van der Waals surface area contributed by atoms with E-state index in [1.807, 2.05) is 41.3 Å². The van der Waals surface area contributed by atoms with Crippen LogP contribution in [-0.2, 0) is 4.74 Å². The van der Waals surface area contributed by atoms with Gasteiger partial charge in [0.25, 0.3) is 5.91 Å². The monoisotopic (exact) mass is 627 g/mol. The first-order valence-electron chi connectivity index (χ1n) is 15.9. The maximum Gasteiger partial charge on any atom is 0.407 e. The number of aromatic nitrogens is 1. The normalized spacial score (nSPS) is 17.9. The van der Waals surface area contributed by atoms with Gasteiger partial charge in [-0.05, 0) is 88.0 Å². The third-order valence-corrected chi connectivity index (χ3v) is 8.95. The van der Waals surface area contributed by atoms with Gasteiger partial charge in [0, 0.05) is 25.8 Å². The number of fused-ring (bicyclic) bond motifs is 3. The third-order valence-electron chi connectivity index (χ3n) is 8.95. The maximum absolute atomic E-state index is 16.2. The molecule has 2 amide bonds. The van der Waals surface area contributed by atoms with Gasteiger partial charge in [0.05, 0.1) is 17.1 Å². The quantitative estimate of drug-likeness (QED) is 0.245. The van der Waals surface area contributed by atoms with Gasteiger partial charge in [-0.2, -0.15) is 0 Å². The van der Waals surface area contributed by atoms with Crippen molar-refractivity contribution >= 4 is 39.4 Å². The van der Waals surface area contributed by atoms with Gasteiger partial charge in [-0.15, -0.1) is 0 Å². The highest BCUT2D eigenvalue weighted by Gasteiger charge is 2.34. The Bertz CT molecular complexity index is 1930. The highest BCUT2D eigenvalue weighted by atomic mass is 19.1. The van der Waals surface area contributed by atoms with Crippen molar-refractivity contribution in [3.63, 3.8) is 0 Å². The Hall–Kier alpha value is -4.64. The van der Waals surface area contributed by atoms with Crippen molar-refractivity contribution in [2.24, 2.45) is 5.92 Å². The van der Waals surface area contributed by atoms with Crippen molar-refractivity contribution in [3.05, 3.63) is 70.3 Å². The van der Waals surface area contributed by atoms with Crippen molar-refractivity contribution < 1.29 is 23.5 Å². The van der Waals surface area contributed by atoms with Crippen molar-refractivity contribution in [3.8, 4) is 17.2 Å². The van der Waals surface area contributed by atoms with E-state index in [1.165, 1.54) is 6.07 Å². The SMILES string of the molecule is CC(C)(C)OC(=O)NC1CCN(c2c(F)cc3c(=O)c(C(=O)NCC4CCNCC4)cn4c3c2Oc2cc3ccccc3cc2-4)C1. The van der Waals surface area contributed by atoms with Gasteiger partial charge >= 0.3 is 6.09 Å². The number of anilines is 1. The highest BCUT2D eigenvalue weighted by molar-refractivity contribution is 6.02. The number of carbonyl (C=O) groups is 2. The molecule has 10 nitrogen and oxygen atoms in total. The first-order valence-corrected chi connectivity index (χ1v) is 15.9. The van der Waals surface area contributed by atoms with E-state index in [2.05, 4.69) is 16.0 Å². The van der Waals surface area contributed by atoms with Crippen LogP contribution in [0.3, 0.4) is 0 Å². The minimum absolute atomic E-state index is 0.0525. The number of carbonyl (C=O) groups excluding carboxylic acids is 2. The number of piperidine rings is 1. The molecule has 0 spiro atoms. The second-order valence-corrected chi connectivity index (χ2v) is 13.4. The number of alkyl carbamates (subject to hydrolysis) is 1. The Morgan fingerprint density at radius 3 is 2.57 bits per heavy atom. The number of hydrogen-bond donors (Lipinski definition) is 3. The molecule has 4 heterocycles. The van der Waals surface area contributed by atoms with E-state index in [9.17, 15) is 14.4 Å². The Morgan fingerprint density at radius 2 is 1.83 bits per heavy atom. The zero-order valence-electron chi connectivity index (χ0n) is 26.2. The topological polar surface area (TPSA) is 114 Å². The summed E-state index contributed by atoms with van der Waals surface area (Å²) in [6, 6.07) is 12.6. The smallest absolute Gasteiger partial charge is 0.407 e. The zero-order chi connectivity index (χ0) is 32.2. The van der Waals surface area contributed by atoms with Crippen LogP contribution in [0.15, 0.2) is 53.5 Å². The predicted octanol–water partition coefficient (Wildman–Crippen LogP) is 5.22. The molecule has 2 fully saturated rings. The van der Waals surface area contributed by atoms with E-state index in [4.69, 9.17) is 9.47 Å². The summed E-state index contributed by atoms with van der Waals surface area (Å²) in [6.07, 6.45) is 3.49. The van der Waals surface area contributed by atoms with Crippen LogP contribution in [0.25, 0.3) is 27.4 Å². The number of nitrogens with one attached hydrogen (secondary N) is 3. The van der Waals surface area contributed by atoms with Crippen LogP contribution in [0.2, 0.25) is 0 Å². The van der Waals surface area contributed by atoms with Crippen LogP contribution in [-0.4, -0.2) is 60.9 Å². The molecule has 3 aliphatic heterocycles. The van der Waals surface area contributed by atoms with E-state index in [0.717, 1.165) is 36.7 Å². The molecule has 0 aliphatic carbocycles. The van der Waals surface area contributed by atoms with Crippen LogP contribution in [0.1, 0.15) is 50.4 Å². The van der Waals surface area contributed by atoms with Gasteiger partial charge in [-0.25, -0.2) is 9.18 Å². The molecule has 1 atom stereocenters. The summed E-state index contributed by atoms with van der Waals surface area (Å²) in [7, 11) is 0. The van der Waals surface area contributed by atoms with E-state index in [1.54, 1.807) is 31.5 Å². The maximum atomic E-state index is 16.2. The number of pyridine rings is 1. The second-order valence-electron chi connectivity index (χ2n) is 13.4. The molecule has 1 aromatic heterocycles. The molecule has 7 rings (SSSR count). The number of halogens is 1. The molecule has 3 aliphatic rings. The first kappa shape index (κ1) is 30.0. The predicted molar refractivity (Wildman–Crippen MR) is 175 cm³/mol. The fraction of sp³-hybridized carbons (Fsp3) is 0.400. The van der Waals surface area contributed by atoms with Gasteiger partial charge in [0.1, 0.15) is 22.4 Å². The first-order chi connectivity index (χ1) is 22.1. The molecule has 240 valence electrons. The fourth-order valence-corrected chi connectivity index (χ4v) is 6.72. The van der Waals surface area contributed by atoms with Crippen LogP contribution < -0.4 is 31.0 Å². The average Bonchev–Trinajstić information content (AvgIpc) is 3.47.